The number of benzene rings is 1. The quantitative estimate of drug-likeness (QED) is 0.701. The smallest absolute Gasteiger partial charge is 0.409 e. The molecule has 2 aliphatic rings. The zero-order chi connectivity index (χ0) is 21.8. The summed E-state index contributed by atoms with van der Waals surface area (Å²) in [7, 11) is -2.10. The summed E-state index contributed by atoms with van der Waals surface area (Å²) in [5, 5.41) is 11.0. The Balaban J connectivity index is 1.62. The second-order valence-corrected chi connectivity index (χ2v) is 10.1. The van der Waals surface area contributed by atoms with Crippen molar-refractivity contribution in [3.05, 3.63) is 35.9 Å². The number of hydrogen-bond acceptors (Lipinski definition) is 6. The highest BCUT2D eigenvalue weighted by molar-refractivity contribution is 7.88. The van der Waals surface area contributed by atoms with E-state index in [2.05, 4.69) is 4.72 Å². The first-order valence-electron chi connectivity index (χ1n) is 10.4. The van der Waals surface area contributed by atoms with Crippen LogP contribution >= 0.6 is 0 Å². The Labute approximate surface area is 178 Å². The van der Waals surface area contributed by atoms with Crippen molar-refractivity contribution in [2.24, 2.45) is 0 Å². The molecule has 1 aliphatic carbocycles. The number of sulfonamides is 1. The molecule has 1 aliphatic heterocycles. The van der Waals surface area contributed by atoms with Gasteiger partial charge in [-0.1, -0.05) is 30.3 Å². The first-order chi connectivity index (χ1) is 14.2. The third-order valence-electron chi connectivity index (χ3n) is 6.13. The average Bonchev–Trinajstić information content (AvgIpc) is 2.73. The van der Waals surface area contributed by atoms with Gasteiger partial charge in [0.15, 0.2) is 0 Å². The first-order valence-corrected chi connectivity index (χ1v) is 12.3. The van der Waals surface area contributed by atoms with Crippen molar-refractivity contribution in [1.82, 2.24) is 9.62 Å². The van der Waals surface area contributed by atoms with Crippen LogP contribution in [-0.2, 0) is 25.1 Å². The van der Waals surface area contributed by atoms with Gasteiger partial charge in [0.05, 0.1) is 37.7 Å². The number of amides is 1. The van der Waals surface area contributed by atoms with Crippen molar-refractivity contribution in [1.29, 1.82) is 0 Å². The molecular weight excluding hydrogens is 408 g/mol. The van der Waals surface area contributed by atoms with Gasteiger partial charge in [-0.15, -0.1) is 0 Å². The molecule has 0 spiro atoms. The lowest BCUT2D eigenvalue weighted by Crippen LogP contribution is -2.59. The van der Waals surface area contributed by atoms with Crippen molar-refractivity contribution >= 4 is 16.1 Å². The topological polar surface area (TPSA) is 105 Å². The highest BCUT2D eigenvalue weighted by Gasteiger charge is 2.39. The number of likely N-dealkylation sites (tertiary alicyclic amines) is 1. The van der Waals surface area contributed by atoms with E-state index in [1.54, 1.807) is 4.90 Å². The molecule has 0 radical (unpaired) electrons. The summed E-state index contributed by atoms with van der Waals surface area (Å²) in [6, 6.07) is 8.82. The van der Waals surface area contributed by atoms with Gasteiger partial charge in [0, 0.05) is 12.6 Å². The Kier molecular flexibility index (Phi) is 7.38. The van der Waals surface area contributed by atoms with Gasteiger partial charge in [-0.2, -0.15) is 0 Å². The van der Waals surface area contributed by atoms with Crippen molar-refractivity contribution in [3.63, 3.8) is 0 Å². The number of nitrogens with zero attached hydrogens (tertiary/aromatic N) is 1. The van der Waals surface area contributed by atoms with Crippen molar-refractivity contribution in [2.45, 2.75) is 62.3 Å². The van der Waals surface area contributed by atoms with E-state index in [1.165, 1.54) is 7.11 Å². The second-order valence-electron chi connectivity index (χ2n) is 8.30. The minimum Gasteiger partial charge on any atom is -0.453 e. The number of carbonyl (C=O) groups is 1. The van der Waals surface area contributed by atoms with Gasteiger partial charge in [0.2, 0.25) is 10.0 Å². The molecule has 1 saturated heterocycles. The Morgan fingerprint density at radius 1 is 1.23 bits per heavy atom. The number of aliphatic hydroxyl groups is 1. The zero-order valence-electron chi connectivity index (χ0n) is 17.6. The molecule has 3 rings (SSSR count). The van der Waals surface area contributed by atoms with Crippen molar-refractivity contribution in [3.8, 4) is 0 Å². The van der Waals surface area contributed by atoms with Crippen LogP contribution in [0.2, 0.25) is 0 Å². The zero-order valence-corrected chi connectivity index (χ0v) is 18.4. The first kappa shape index (κ1) is 23.0. The fourth-order valence-electron chi connectivity index (χ4n) is 4.53. The molecule has 30 heavy (non-hydrogen) atoms. The molecule has 168 valence electrons. The van der Waals surface area contributed by atoms with Crippen LogP contribution in [0.1, 0.15) is 44.1 Å². The summed E-state index contributed by atoms with van der Waals surface area (Å²) in [6.07, 6.45) is 4.49. The molecule has 0 unspecified atom stereocenters. The minimum absolute atomic E-state index is 0.0469. The molecule has 1 amide bonds. The van der Waals surface area contributed by atoms with Gasteiger partial charge in [0.25, 0.3) is 0 Å². The SMILES string of the molecule is COC(=O)N1CCC[C@H](NS(C)(=O)=O)[C@@H]1CO[C@H]1CC[C@@](O)(c2ccccc2)CC1. The van der Waals surface area contributed by atoms with Gasteiger partial charge in [-0.25, -0.2) is 17.9 Å². The normalized spacial score (nSPS) is 30.1. The van der Waals surface area contributed by atoms with E-state index in [0.717, 1.165) is 11.8 Å². The number of ether oxygens (including phenoxy) is 2. The molecule has 0 bridgehead atoms. The molecule has 0 aromatic heterocycles. The number of nitrogens with one attached hydrogen (secondary N) is 1. The van der Waals surface area contributed by atoms with Gasteiger partial charge in [-0.3, -0.25) is 0 Å². The molecular formula is C21H32N2O6S. The molecule has 2 atom stereocenters. The Morgan fingerprint density at radius 2 is 1.90 bits per heavy atom. The maximum atomic E-state index is 12.2. The van der Waals surface area contributed by atoms with Crippen LogP contribution in [0.3, 0.4) is 0 Å². The number of hydrogen-bond donors (Lipinski definition) is 2. The van der Waals surface area contributed by atoms with Crippen molar-refractivity contribution < 1.29 is 27.8 Å². The van der Waals surface area contributed by atoms with Crippen LogP contribution in [0.5, 0.6) is 0 Å². The third kappa shape index (κ3) is 5.72. The fourth-order valence-corrected chi connectivity index (χ4v) is 5.35. The maximum absolute atomic E-state index is 12.2. The van der Waals surface area contributed by atoms with Crippen LogP contribution in [-0.4, -0.2) is 69.2 Å². The van der Waals surface area contributed by atoms with Crippen molar-refractivity contribution in [2.75, 3.05) is 26.5 Å². The van der Waals surface area contributed by atoms with Gasteiger partial charge >= 0.3 is 6.09 Å². The number of carbonyl (C=O) groups excluding carboxylic acids is 1. The summed E-state index contributed by atoms with van der Waals surface area (Å²) in [5.74, 6) is 0. The lowest BCUT2D eigenvalue weighted by Gasteiger charge is -2.41. The second kappa shape index (κ2) is 9.64. The van der Waals surface area contributed by atoms with Crippen LogP contribution in [0.25, 0.3) is 0 Å². The Bertz CT molecular complexity index is 808. The van der Waals surface area contributed by atoms with Crippen LogP contribution < -0.4 is 4.72 Å². The van der Waals surface area contributed by atoms with E-state index in [-0.39, 0.29) is 12.7 Å². The van der Waals surface area contributed by atoms with E-state index in [4.69, 9.17) is 9.47 Å². The summed E-state index contributed by atoms with van der Waals surface area (Å²) >= 11 is 0. The standard InChI is InChI=1S/C21H32N2O6S/c1-28-20(24)23-14-6-9-18(22-30(2,26)27)19(23)15-29-17-10-12-21(25,13-11-17)16-7-4-3-5-8-16/h3-5,7-8,17-19,22,25H,6,9-15H2,1-2H3/t17-,18-,19-,21-/m0/s1. The van der Waals surface area contributed by atoms with E-state index in [1.807, 2.05) is 30.3 Å². The summed E-state index contributed by atoms with van der Waals surface area (Å²) in [5.41, 5.74) is 0.0784. The molecule has 8 nitrogen and oxygen atoms in total. The lowest BCUT2D eigenvalue weighted by atomic mass is 9.78. The van der Waals surface area contributed by atoms with Gasteiger partial charge in [0.1, 0.15) is 0 Å². The minimum atomic E-state index is -3.42. The molecule has 1 saturated carbocycles. The number of rotatable bonds is 6. The number of piperidine rings is 1. The summed E-state index contributed by atoms with van der Waals surface area (Å²) in [6.45, 7) is 0.720. The summed E-state index contributed by atoms with van der Waals surface area (Å²) in [4.78, 5) is 13.8. The Morgan fingerprint density at radius 3 is 2.50 bits per heavy atom. The maximum Gasteiger partial charge on any atom is 0.409 e. The average molecular weight is 441 g/mol. The Hall–Kier alpha value is -1.68. The predicted molar refractivity (Wildman–Crippen MR) is 112 cm³/mol. The highest BCUT2D eigenvalue weighted by atomic mass is 32.2. The van der Waals surface area contributed by atoms with E-state index >= 15 is 0 Å². The molecule has 9 heteroatoms. The van der Waals surface area contributed by atoms with Crippen LogP contribution in [0, 0.1) is 0 Å². The van der Waals surface area contributed by atoms with Crippen LogP contribution in [0.15, 0.2) is 30.3 Å². The molecule has 1 aromatic rings. The molecule has 2 N–H and O–H groups in total. The van der Waals surface area contributed by atoms with E-state index in [9.17, 15) is 18.3 Å². The lowest BCUT2D eigenvalue weighted by molar-refractivity contribution is -0.0732. The third-order valence-corrected chi connectivity index (χ3v) is 6.86. The molecule has 1 heterocycles. The monoisotopic (exact) mass is 440 g/mol. The fraction of sp³-hybridized carbons (Fsp3) is 0.667. The highest BCUT2D eigenvalue weighted by Crippen LogP contribution is 2.38. The van der Waals surface area contributed by atoms with Crippen LogP contribution in [0.4, 0.5) is 4.79 Å². The summed E-state index contributed by atoms with van der Waals surface area (Å²) < 4.78 is 37.2. The molecule has 2 fully saturated rings. The van der Waals surface area contributed by atoms with Gasteiger partial charge < -0.3 is 19.5 Å². The molecule has 1 aromatic carbocycles. The van der Waals surface area contributed by atoms with Gasteiger partial charge in [-0.05, 0) is 44.1 Å². The predicted octanol–water partition coefficient (Wildman–Crippen LogP) is 1.98. The largest absolute Gasteiger partial charge is 0.453 e. The van der Waals surface area contributed by atoms with E-state index < -0.39 is 33.8 Å². The van der Waals surface area contributed by atoms with E-state index in [0.29, 0.717) is 45.1 Å². The number of methoxy groups -OCH3 is 1.